The highest BCUT2D eigenvalue weighted by atomic mass is 32.1. The van der Waals surface area contributed by atoms with Gasteiger partial charge in [-0.1, -0.05) is 6.92 Å². The van der Waals surface area contributed by atoms with Crippen LogP contribution < -0.4 is 5.56 Å². The maximum atomic E-state index is 13.0. The second kappa shape index (κ2) is 5.95. The van der Waals surface area contributed by atoms with Crippen LogP contribution in [0.1, 0.15) is 45.5 Å². The topological polar surface area (TPSA) is 67.8 Å². The normalized spacial score (nSPS) is 17.0. The molecule has 0 radical (unpaired) electrons. The van der Waals surface area contributed by atoms with E-state index in [4.69, 9.17) is 0 Å². The van der Waals surface area contributed by atoms with E-state index in [1.807, 2.05) is 19.9 Å². The SMILES string of the molecule is Cc1cc(C(=O)Cn2cnc3sc4c(c3c2=O)CCC(C)C4)c(C)[nH]1. The first-order chi connectivity index (χ1) is 11.9. The molecule has 0 aliphatic heterocycles. The molecule has 0 saturated heterocycles. The quantitative estimate of drug-likeness (QED) is 0.732. The van der Waals surface area contributed by atoms with E-state index < -0.39 is 0 Å². The van der Waals surface area contributed by atoms with Crippen LogP contribution in [0.25, 0.3) is 10.2 Å². The number of nitrogens with one attached hydrogen (secondary N) is 1. The summed E-state index contributed by atoms with van der Waals surface area (Å²) in [5, 5.41) is 0.726. The number of carbonyl (C=O) groups excluding carboxylic acids is 1. The van der Waals surface area contributed by atoms with Crippen LogP contribution in [0.2, 0.25) is 0 Å². The molecule has 3 aromatic heterocycles. The lowest BCUT2D eigenvalue weighted by molar-refractivity contribution is 0.0970. The first-order valence-electron chi connectivity index (χ1n) is 8.63. The molecule has 0 fully saturated rings. The summed E-state index contributed by atoms with van der Waals surface area (Å²) in [6.07, 6.45) is 4.58. The summed E-state index contributed by atoms with van der Waals surface area (Å²) < 4.78 is 1.46. The summed E-state index contributed by atoms with van der Waals surface area (Å²) in [6, 6.07) is 1.84. The third-order valence-corrected chi connectivity index (χ3v) is 6.21. The van der Waals surface area contributed by atoms with Crippen LogP contribution in [-0.2, 0) is 19.4 Å². The molecular formula is C19H21N3O2S. The van der Waals surface area contributed by atoms with Crippen molar-refractivity contribution in [1.82, 2.24) is 14.5 Å². The van der Waals surface area contributed by atoms with Crippen molar-refractivity contribution in [3.63, 3.8) is 0 Å². The smallest absolute Gasteiger partial charge is 0.262 e. The fourth-order valence-corrected chi connectivity index (χ4v) is 5.07. The first kappa shape index (κ1) is 16.3. The Kier molecular flexibility index (Phi) is 3.87. The summed E-state index contributed by atoms with van der Waals surface area (Å²) in [7, 11) is 0. The Hall–Kier alpha value is -2.21. The number of H-pyrrole nitrogens is 1. The van der Waals surface area contributed by atoms with Crippen molar-refractivity contribution in [2.75, 3.05) is 0 Å². The minimum absolute atomic E-state index is 0.0287. The zero-order valence-electron chi connectivity index (χ0n) is 14.7. The zero-order valence-corrected chi connectivity index (χ0v) is 15.5. The van der Waals surface area contributed by atoms with Crippen LogP contribution in [0.4, 0.5) is 0 Å². The molecule has 6 heteroatoms. The van der Waals surface area contributed by atoms with E-state index >= 15 is 0 Å². The van der Waals surface area contributed by atoms with Crippen LogP contribution in [0.3, 0.4) is 0 Å². The number of fused-ring (bicyclic) bond motifs is 3. The van der Waals surface area contributed by atoms with E-state index in [0.29, 0.717) is 11.5 Å². The number of hydrogen-bond acceptors (Lipinski definition) is 4. The molecule has 0 spiro atoms. The molecule has 0 bridgehead atoms. The van der Waals surface area contributed by atoms with Gasteiger partial charge in [-0.3, -0.25) is 14.2 Å². The van der Waals surface area contributed by atoms with Crippen LogP contribution in [0.15, 0.2) is 17.2 Å². The number of carbonyl (C=O) groups is 1. The molecule has 1 atom stereocenters. The molecule has 1 N–H and O–H groups in total. The van der Waals surface area contributed by atoms with Gasteiger partial charge in [-0.2, -0.15) is 0 Å². The molecule has 0 amide bonds. The van der Waals surface area contributed by atoms with Gasteiger partial charge >= 0.3 is 0 Å². The number of Topliss-reactive ketones (excluding diaryl/α,β-unsaturated/α-hetero) is 1. The maximum absolute atomic E-state index is 13.0. The van der Waals surface area contributed by atoms with E-state index in [9.17, 15) is 9.59 Å². The summed E-state index contributed by atoms with van der Waals surface area (Å²) in [6.45, 7) is 6.07. The van der Waals surface area contributed by atoms with Gasteiger partial charge in [-0.15, -0.1) is 11.3 Å². The Bertz CT molecular complexity index is 1040. The van der Waals surface area contributed by atoms with Gasteiger partial charge in [-0.05, 0) is 50.7 Å². The number of aromatic amines is 1. The van der Waals surface area contributed by atoms with Gasteiger partial charge in [0.25, 0.3) is 5.56 Å². The van der Waals surface area contributed by atoms with Crippen molar-refractivity contribution < 1.29 is 4.79 Å². The summed E-state index contributed by atoms with van der Waals surface area (Å²) in [4.78, 5) is 35.3. The summed E-state index contributed by atoms with van der Waals surface area (Å²) in [5.74, 6) is 0.590. The third-order valence-electron chi connectivity index (χ3n) is 5.05. The van der Waals surface area contributed by atoms with Gasteiger partial charge in [0.15, 0.2) is 5.78 Å². The number of aryl methyl sites for hydroxylation is 3. The number of ketones is 1. The first-order valence-corrected chi connectivity index (χ1v) is 9.44. The predicted molar refractivity (Wildman–Crippen MR) is 99.7 cm³/mol. The highest BCUT2D eigenvalue weighted by molar-refractivity contribution is 7.18. The lowest BCUT2D eigenvalue weighted by Crippen LogP contribution is -2.25. The molecule has 25 heavy (non-hydrogen) atoms. The summed E-state index contributed by atoms with van der Waals surface area (Å²) >= 11 is 1.63. The monoisotopic (exact) mass is 355 g/mol. The molecule has 4 rings (SSSR count). The van der Waals surface area contributed by atoms with Gasteiger partial charge in [0.05, 0.1) is 18.3 Å². The van der Waals surface area contributed by atoms with E-state index in [-0.39, 0.29) is 17.9 Å². The molecule has 1 unspecified atom stereocenters. The van der Waals surface area contributed by atoms with Gasteiger partial charge in [-0.25, -0.2) is 4.98 Å². The largest absolute Gasteiger partial charge is 0.362 e. The van der Waals surface area contributed by atoms with E-state index in [1.165, 1.54) is 15.8 Å². The Morgan fingerprint density at radius 3 is 2.96 bits per heavy atom. The minimum atomic E-state index is -0.0877. The molecule has 130 valence electrons. The Labute approximate surface area is 149 Å². The number of aromatic nitrogens is 3. The number of nitrogens with zero attached hydrogens (tertiary/aromatic N) is 2. The van der Waals surface area contributed by atoms with Gasteiger partial charge < -0.3 is 4.98 Å². The average Bonchev–Trinajstić information content (AvgIpc) is 3.09. The van der Waals surface area contributed by atoms with Crippen molar-refractivity contribution in [3.05, 3.63) is 50.1 Å². The molecule has 0 saturated carbocycles. The highest BCUT2D eigenvalue weighted by Gasteiger charge is 2.23. The predicted octanol–water partition coefficient (Wildman–Crippen LogP) is 3.41. The number of hydrogen-bond donors (Lipinski definition) is 1. The van der Waals surface area contributed by atoms with Crippen LogP contribution in [0, 0.1) is 19.8 Å². The fourth-order valence-electron chi connectivity index (χ4n) is 3.73. The van der Waals surface area contributed by atoms with Crippen molar-refractivity contribution in [3.8, 4) is 0 Å². The molecule has 0 aromatic carbocycles. The van der Waals surface area contributed by atoms with Crippen molar-refractivity contribution in [2.45, 2.75) is 46.6 Å². The fraction of sp³-hybridized carbons (Fsp3) is 0.421. The third kappa shape index (κ3) is 2.74. The standard InChI is InChI=1S/C19H21N3O2S/c1-10-4-5-13-16(6-10)25-18-17(13)19(24)22(9-20-18)8-15(23)14-7-11(2)21-12(14)3/h7,9-10,21H,4-6,8H2,1-3H3. The minimum Gasteiger partial charge on any atom is -0.362 e. The Balaban J connectivity index is 1.74. The van der Waals surface area contributed by atoms with E-state index in [1.54, 1.807) is 11.3 Å². The van der Waals surface area contributed by atoms with Crippen LogP contribution >= 0.6 is 11.3 Å². The second-order valence-electron chi connectivity index (χ2n) is 7.12. The molecule has 5 nitrogen and oxygen atoms in total. The Morgan fingerprint density at radius 1 is 1.44 bits per heavy atom. The second-order valence-corrected chi connectivity index (χ2v) is 8.21. The molecule has 1 aliphatic carbocycles. The number of thiophene rings is 1. The molecule has 1 aliphatic rings. The molecule has 3 aromatic rings. The maximum Gasteiger partial charge on any atom is 0.262 e. The lowest BCUT2D eigenvalue weighted by Gasteiger charge is -2.17. The van der Waals surface area contributed by atoms with Crippen molar-refractivity contribution in [2.24, 2.45) is 5.92 Å². The van der Waals surface area contributed by atoms with Crippen LogP contribution in [0.5, 0.6) is 0 Å². The van der Waals surface area contributed by atoms with E-state index in [2.05, 4.69) is 16.9 Å². The summed E-state index contributed by atoms with van der Waals surface area (Å²) in [5.41, 5.74) is 3.50. The van der Waals surface area contributed by atoms with Gasteiger partial charge in [0.1, 0.15) is 4.83 Å². The van der Waals surface area contributed by atoms with Gasteiger partial charge in [0.2, 0.25) is 0 Å². The van der Waals surface area contributed by atoms with Crippen molar-refractivity contribution >= 4 is 27.3 Å². The van der Waals surface area contributed by atoms with Gasteiger partial charge in [0, 0.05) is 21.8 Å². The molecule has 3 heterocycles. The van der Waals surface area contributed by atoms with Crippen LogP contribution in [-0.4, -0.2) is 20.3 Å². The average molecular weight is 355 g/mol. The van der Waals surface area contributed by atoms with Crippen molar-refractivity contribution in [1.29, 1.82) is 0 Å². The number of rotatable bonds is 3. The van der Waals surface area contributed by atoms with E-state index in [0.717, 1.165) is 46.4 Å². The Morgan fingerprint density at radius 2 is 2.24 bits per heavy atom. The highest BCUT2D eigenvalue weighted by Crippen LogP contribution is 2.35. The lowest BCUT2D eigenvalue weighted by atomic mass is 9.89. The zero-order chi connectivity index (χ0) is 17.7. The molecular weight excluding hydrogens is 334 g/mol.